The summed E-state index contributed by atoms with van der Waals surface area (Å²) in [5, 5.41) is 0. The number of Topliss-reactive ketones (excluding diaryl/α,β-unsaturated/α-hetero) is 1. The van der Waals surface area contributed by atoms with Gasteiger partial charge in [-0.3, -0.25) is 4.79 Å². The van der Waals surface area contributed by atoms with Crippen LogP contribution in [-0.2, 0) is 11.8 Å². The average molecular weight is 245 g/mol. The summed E-state index contributed by atoms with van der Waals surface area (Å²) in [5.41, 5.74) is 3.24. The normalized spacial score (nSPS) is 10.9. The Hall–Kier alpha value is -1.84. The molecule has 4 nitrogen and oxygen atoms in total. The Morgan fingerprint density at radius 1 is 1.44 bits per heavy atom. The van der Waals surface area contributed by atoms with Crippen molar-refractivity contribution in [2.75, 3.05) is 18.5 Å². The molecule has 2 aromatic rings. The van der Waals surface area contributed by atoms with Crippen molar-refractivity contribution in [3.8, 4) is 0 Å². The minimum atomic E-state index is 0.219. The molecule has 0 aliphatic carbocycles. The highest BCUT2D eigenvalue weighted by Gasteiger charge is 2.07. The molecule has 0 aliphatic rings. The van der Waals surface area contributed by atoms with Crippen LogP contribution in [0.1, 0.15) is 19.2 Å². The summed E-state index contributed by atoms with van der Waals surface area (Å²) in [6, 6.07) is 6.22. The van der Waals surface area contributed by atoms with E-state index in [0.29, 0.717) is 6.42 Å². The van der Waals surface area contributed by atoms with E-state index in [9.17, 15) is 4.79 Å². The first-order chi connectivity index (χ1) is 8.49. The number of carbonyl (C=O) groups is 1. The molecular formula is C14H19N3O. The van der Waals surface area contributed by atoms with Crippen molar-refractivity contribution >= 4 is 22.5 Å². The average Bonchev–Trinajstić information content (AvgIpc) is 2.61. The monoisotopic (exact) mass is 245 g/mol. The lowest BCUT2D eigenvalue weighted by molar-refractivity contribution is -0.116. The number of anilines is 1. The standard InChI is InChI=1S/C14H19N3O/c1-10(18)7-8-16(3)12-5-6-14-13(9-12)15-11(2)17(14)4/h5-6,9H,7-8H2,1-4H3. The molecule has 1 aromatic heterocycles. The third kappa shape index (κ3) is 2.37. The molecule has 0 spiro atoms. The van der Waals surface area contributed by atoms with Gasteiger partial charge in [0.25, 0.3) is 0 Å². The van der Waals surface area contributed by atoms with Crippen LogP contribution in [-0.4, -0.2) is 28.9 Å². The quantitative estimate of drug-likeness (QED) is 0.829. The van der Waals surface area contributed by atoms with Crippen molar-refractivity contribution in [2.45, 2.75) is 20.3 Å². The number of carbonyl (C=O) groups excluding carboxylic acids is 1. The molecule has 0 atom stereocenters. The van der Waals surface area contributed by atoms with E-state index in [-0.39, 0.29) is 5.78 Å². The zero-order valence-electron chi connectivity index (χ0n) is 11.4. The highest BCUT2D eigenvalue weighted by Crippen LogP contribution is 2.21. The maximum atomic E-state index is 11.0. The zero-order chi connectivity index (χ0) is 13.3. The van der Waals surface area contributed by atoms with Gasteiger partial charge >= 0.3 is 0 Å². The van der Waals surface area contributed by atoms with E-state index in [1.54, 1.807) is 6.92 Å². The SMILES string of the molecule is CC(=O)CCN(C)c1ccc2c(c1)nc(C)n2C. The van der Waals surface area contributed by atoms with Crippen LogP contribution >= 0.6 is 0 Å². The lowest BCUT2D eigenvalue weighted by atomic mass is 10.2. The van der Waals surface area contributed by atoms with Crippen LogP contribution in [0.5, 0.6) is 0 Å². The molecule has 1 heterocycles. The molecule has 0 saturated heterocycles. The van der Waals surface area contributed by atoms with Gasteiger partial charge in [-0.25, -0.2) is 4.98 Å². The number of hydrogen-bond acceptors (Lipinski definition) is 3. The number of fused-ring (bicyclic) bond motifs is 1. The molecule has 4 heteroatoms. The van der Waals surface area contributed by atoms with Gasteiger partial charge in [-0.2, -0.15) is 0 Å². The second-order valence-electron chi connectivity index (χ2n) is 4.76. The molecule has 18 heavy (non-hydrogen) atoms. The van der Waals surface area contributed by atoms with Crippen molar-refractivity contribution < 1.29 is 4.79 Å². The molecule has 96 valence electrons. The Morgan fingerprint density at radius 3 is 2.83 bits per heavy atom. The molecule has 0 unspecified atom stereocenters. The van der Waals surface area contributed by atoms with Crippen LogP contribution in [0.2, 0.25) is 0 Å². The first kappa shape index (κ1) is 12.6. The lowest BCUT2D eigenvalue weighted by Gasteiger charge is -2.18. The van der Waals surface area contributed by atoms with E-state index in [1.165, 1.54) is 0 Å². The van der Waals surface area contributed by atoms with E-state index in [0.717, 1.165) is 29.1 Å². The minimum absolute atomic E-state index is 0.219. The van der Waals surface area contributed by atoms with Crippen molar-refractivity contribution in [3.63, 3.8) is 0 Å². The van der Waals surface area contributed by atoms with Gasteiger partial charge in [0.1, 0.15) is 11.6 Å². The van der Waals surface area contributed by atoms with E-state index >= 15 is 0 Å². The van der Waals surface area contributed by atoms with Crippen molar-refractivity contribution in [2.24, 2.45) is 7.05 Å². The van der Waals surface area contributed by atoms with E-state index in [4.69, 9.17) is 0 Å². The largest absolute Gasteiger partial charge is 0.374 e. The predicted molar refractivity (Wildman–Crippen MR) is 74.0 cm³/mol. The van der Waals surface area contributed by atoms with Gasteiger partial charge in [-0.05, 0) is 32.0 Å². The Balaban J connectivity index is 2.27. The molecule has 0 radical (unpaired) electrons. The number of rotatable bonds is 4. The van der Waals surface area contributed by atoms with E-state index in [1.807, 2.05) is 21.0 Å². The van der Waals surface area contributed by atoms with Crippen molar-refractivity contribution in [1.82, 2.24) is 9.55 Å². The molecule has 0 saturated carbocycles. The topological polar surface area (TPSA) is 38.1 Å². The Morgan fingerprint density at radius 2 is 2.17 bits per heavy atom. The fourth-order valence-corrected chi connectivity index (χ4v) is 2.00. The maximum absolute atomic E-state index is 11.0. The maximum Gasteiger partial charge on any atom is 0.131 e. The second-order valence-corrected chi connectivity index (χ2v) is 4.76. The van der Waals surface area contributed by atoms with Crippen LogP contribution in [0, 0.1) is 6.92 Å². The van der Waals surface area contributed by atoms with E-state index in [2.05, 4.69) is 32.7 Å². The third-order valence-corrected chi connectivity index (χ3v) is 3.33. The number of ketones is 1. The van der Waals surface area contributed by atoms with Crippen LogP contribution in [0.4, 0.5) is 5.69 Å². The summed E-state index contributed by atoms with van der Waals surface area (Å²) in [5.74, 6) is 1.23. The summed E-state index contributed by atoms with van der Waals surface area (Å²) in [6.45, 7) is 4.37. The Kier molecular flexibility index (Phi) is 3.36. The first-order valence-corrected chi connectivity index (χ1v) is 6.12. The summed E-state index contributed by atoms with van der Waals surface area (Å²) in [6.07, 6.45) is 0.579. The highest BCUT2D eigenvalue weighted by molar-refractivity contribution is 5.81. The summed E-state index contributed by atoms with van der Waals surface area (Å²) >= 11 is 0. The number of nitrogens with zero attached hydrogens (tertiary/aromatic N) is 3. The van der Waals surface area contributed by atoms with Gasteiger partial charge in [0.2, 0.25) is 0 Å². The second kappa shape index (κ2) is 4.80. The van der Waals surface area contributed by atoms with E-state index < -0.39 is 0 Å². The molecule has 0 bridgehead atoms. The fourth-order valence-electron chi connectivity index (χ4n) is 2.00. The van der Waals surface area contributed by atoms with Crippen LogP contribution in [0.25, 0.3) is 11.0 Å². The van der Waals surface area contributed by atoms with Gasteiger partial charge in [-0.1, -0.05) is 0 Å². The first-order valence-electron chi connectivity index (χ1n) is 6.12. The van der Waals surface area contributed by atoms with Gasteiger partial charge in [-0.15, -0.1) is 0 Å². The molecule has 0 amide bonds. The zero-order valence-corrected chi connectivity index (χ0v) is 11.4. The Bertz CT molecular complexity index is 586. The molecule has 2 rings (SSSR count). The third-order valence-electron chi connectivity index (χ3n) is 3.33. The van der Waals surface area contributed by atoms with Crippen molar-refractivity contribution in [1.29, 1.82) is 0 Å². The van der Waals surface area contributed by atoms with Crippen LogP contribution < -0.4 is 4.90 Å². The number of benzene rings is 1. The molecule has 0 aliphatic heterocycles. The number of aryl methyl sites for hydroxylation is 2. The van der Waals surface area contributed by atoms with Gasteiger partial charge in [0.05, 0.1) is 11.0 Å². The summed E-state index contributed by atoms with van der Waals surface area (Å²) < 4.78 is 2.08. The summed E-state index contributed by atoms with van der Waals surface area (Å²) in [7, 11) is 4.02. The van der Waals surface area contributed by atoms with Crippen LogP contribution in [0.3, 0.4) is 0 Å². The van der Waals surface area contributed by atoms with Crippen LogP contribution in [0.15, 0.2) is 18.2 Å². The number of imidazole rings is 1. The van der Waals surface area contributed by atoms with Gasteiger partial charge in [0.15, 0.2) is 0 Å². The number of aromatic nitrogens is 2. The highest BCUT2D eigenvalue weighted by atomic mass is 16.1. The predicted octanol–water partition coefficient (Wildman–Crippen LogP) is 2.30. The van der Waals surface area contributed by atoms with Gasteiger partial charge < -0.3 is 9.47 Å². The van der Waals surface area contributed by atoms with Crippen molar-refractivity contribution in [3.05, 3.63) is 24.0 Å². The minimum Gasteiger partial charge on any atom is -0.374 e. The Labute approximate surface area is 107 Å². The molecule has 0 N–H and O–H groups in total. The summed E-state index contributed by atoms with van der Waals surface area (Å²) in [4.78, 5) is 17.6. The smallest absolute Gasteiger partial charge is 0.131 e. The molecular weight excluding hydrogens is 226 g/mol. The lowest BCUT2D eigenvalue weighted by Crippen LogP contribution is -2.20. The number of hydrogen-bond donors (Lipinski definition) is 0. The fraction of sp³-hybridized carbons (Fsp3) is 0.429. The molecule has 0 fully saturated rings. The molecule has 1 aromatic carbocycles. The van der Waals surface area contributed by atoms with Gasteiger partial charge in [0, 0.05) is 32.7 Å².